The average Bonchev–Trinajstić information content (AvgIpc) is 2.45. The predicted molar refractivity (Wildman–Crippen MR) is 62.2 cm³/mol. The van der Waals surface area contributed by atoms with Crippen molar-refractivity contribution in [3.8, 4) is 0 Å². The number of carbonyl (C=O) groups excluding carboxylic acids is 1. The molecule has 0 saturated heterocycles. The molecule has 0 bridgehead atoms. The smallest absolute Gasteiger partial charge is 0.263 e. The maximum Gasteiger partial charge on any atom is 0.263 e. The monoisotopic (exact) mass is 227 g/mol. The van der Waals surface area contributed by atoms with Gasteiger partial charge >= 0.3 is 0 Å². The lowest BCUT2D eigenvalue weighted by molar-refractivity contribution is 0.0919. The van der Waals surface area contributed by atoms with Crippen molar-refractivity contribution < 1.29 is 4.79 Å². The second-order valence-electron chi connectivity index (χ2n) is 4.19. The van der Waals surface area contributed by atoms with E-state index in [2.05, 4.69) is 10.3 Å². The molecule has 84 valence electrons. The lowest BCUT2D eigenvalue weighted by Gasteiger charge is -2.23. The third-order valence-electron chi connectivity index (χ3n) is 2.07. The summed E-state index contributed by atoms with van der Waals surface area (Å²) in [7, 11) is 0. The zero-order chi connectivity index (χ0) is 11.6. The van der Waals surface area contributed by atoms with E-state index >= 15 is 0 Å². The summed E-state index contributed by atoms with van der Waals surface area (Å²) in [6.45, 7) is 7.94. The molecule has 0 radical (unpaired) electrons. The minimum Gasteiger partial charge on any atom is -0.345 e. The number of hydrogen-bond acceptors (Lipinski definition) is 4. The number of amides is 1. The van der Waals surface area contributed by atoms with Gasteiger partial charge in [-0.2, -0.15) is 0 Å². The molecular weight excluding hydrogens is 210 g/mol. The fourth-order valence-corrected chi connectivity index (χ4v) is 1.97. The molecule has 1 rings (SSSR count). The number of rotatable bonds is 3. The van der Waals surface area contributed by atoms with Crippen LogP contribution < -0.4 is 11.1 Å². The van der Waals surface area contributed by atoms with Crippen molar-refractivity contribution in [3.05, 3.63) is 15.6 Å². The van der Waals surface area contributed by atoms with E-state index in [0.717, 1.165) is 10.7 Å². The van der Waals surface area contributed by atoms with Gasteiger partial charge in [0.25, 0.3) is 5.91 Å². The molecule has 5 heteroatoms. The standard InChI is InChI=1S/C10H17N3OS/c1-6-8(15-7(2)12-6)9(14)13-10(3,4)5-11/h5,11H2,1-4H3,(H,13,14). The molecule has 0 aromatic carbocycles. The van der Waals surface area contributed by atoms with Gasteiger partial charge in [0.2, 0.25) is 0 Å². The first kappa shape index (κ1) is 12.1. The maximum absolute atomic E-state index is 11.9. The zero-order valence-corrected chi connectivity index (χ0v) is 10.4. The van der Waals surface area contributed by atoms with Crippen LogP contribution in [0, 0.1) is 13.8 Å². The van der Waals surface area contributed by atoms with Gasteiger partial charge in [-0.3, -0.25) is 4.79 Å². The molecule has 15 heavy (non-hydrogen) atoms. The minimum absolute atomic E-state index is 0.0893. The maximum atomic E-state index is 11.9. The van der Waals surface area contributed by atoms with E-state index in [-0.39, 0.29) is 11.4 Å². The Morgan fingerprint density at radius 2 is 2.13 bits per heavy atom. The van der Waals surface area contributed by atoms with Gasteiger partial charge in [0.1, 0.15) is 4.88 Å². The van der Waals surface area contributed by atoms with Crippen LogP contribution in [0.3, 0.4) is 0 Å². The molecule has 0 fully saturated rings. The second-order valence-corrected chi connectivity index (χ2v) is 5.39. The highest BCUT2D eigenvalue weighted by Gasteiger charge is 2.21. The van der Waals surface area contributed by atoms with Crippen LogP contribution in [0.1, 0.15) is 34.2 Å². The third kappa shape index (κ3) is 3.00. The fraction of sp³-hybridized carbons (Fsp3) is 0.600. The van der Waals surface area contributed by atoms with Crippen molar-refractivity contribution >= 4 is 17.2 Å². The Hall–Kier alpha value is -0.940. The SMILES string of the molecule is Cc1nc(C)c(C(=O)NC(C)(C)CN)s1. The van der Waals surface area contributed by atoms with Gasteiger partial charge < -0.3 is 11.1 Å². The number of nitrogens with one attached hydrogen (secondary N) is 1. The summed E-state index contributed by atoms with van der Waals surface area (Å²) in [5.74, 6) is -0.0893. The molecule has 1 aromatic rings. The molecule has 0 aliphatic carbocycles. The van der Waals surface area contributed by atoms with Crippen LogP contribution in [-0.4, -0.2) is 23.0 Å². The summed E-state index contributed by atoms with van der Waals surface area (Å²) in [6, 6.07) is 0. The Balaban J connectivity index is 2.82. The molecule has 1 amide bonds. The van der Waals surface area contributed by atoms with E-state index in [9.17, 15) is 4.79 Å². The number of nitrogens with zero attached hydrogens (tertiary/aromatic N) is 1. The van der Waals surface area contributed by atoms with Crippen LogP contribution in [0.5, 0.6) is 0 Å². The van der Waals surface area contributed by atoms with Crippen molar-refractivity contribution in [2.24, 2.45) is 5.73 Å². The summed E-state index contributed by atoms with van der Waals surface area (Å²) in [6.07, 6.45) is 0. The molecule has 0 spiro atoms. The van der Waals surface area contributed by atoms with Gasteiger partial charge in [-0.15, -0.1) is 11.3 Å². The Kier molecular flexibility index (Phi) is 3.46. The van der Waals surface area contributed by atoms with Crippen molar-refractivity contribution in [1.82, 2.24) is 10.3 Å². The lowest BCUT2D eigenvalue weighted by Crippen LogP contribution is -2.48. The van der Waals surface area contributed by atoms with Crippen LogP contribution in [0.25, 0.3) is 0 Å². The summed E-state index contributed by atoms with van der Waals surface area (Å²) in [5, 5.41) is 3.79. The summed E-state index contributed by atoms with van der Waals surface area (Å²) < 4.78 is 0. The van der Waals surface area contributed by atoms with E-state index in [1.807, 2.05) is 27.7 Å². The first-order chi connectivity index (χ1) is 6.85. The molecule has 3 N–H and O–H groups in total. The van der Waals surface area contributed by atoms with E-state index in [0.29, 0.717) is 11.4 Å². The molecule has 0 atom stereocenters. The Morgan fingerprint density at radius 3 is 2.53 bits per heavy atom. The molecule has 0 unspecified atom stereocenters. The van der Waals surface area contributed by atoms with Gasteiger partial charge in [0.15, 0.2) is 0 Å². The molecule has 0 aliphatic heterocycles. The number of thiazole rings is 1. The highest BCUT2D eigenvalue weighted by Crippen LogP contribution is 2.17. The number of nitrogens with two attached hydrogens (primary N) is 1. The number of aryl methyl sites for hydroxylation is 2. The van der Waals surface area contributed by atoms with Gasteiger partial charge in [0, 0.05) is 12.1 Å². The first-order valence-corrected chi connectivity index (χ1v) is 5.64. The quantitative estimate of drug-likeness (QED) is 0.816. The normalized spacial score (nSPS) is 11.5. The summed E-state index contributed by atoms with van der Waals surface area (Å²) in [4.78, 5) is 16.7. The molecule has 4 nitrogen and oxygen atoms in total. The van der Waals surface area contributed by atoms with E-state index < -0.39 is 0 Å². The number of aromatic nitrogens is 1. The van der Waals surface area contributed by atoms with Gasteiger partial charge in [-0.1, -0.05) is 0 Å². The molecular formula is C10H17N3OS. The topological polar surface area (TPSA) is 68.0 Å². The number of carbonyl (C=O) groups is 1. The fourth-order valence-electron chi connectivity index (χ4n) is 1.16. The molecule has 1 aromatic heterocycles. The van der Waals surface area contributed by atoms with Crippen molar-refractivity contribution in [3.63, 3.8) is 0 Å². The Labute approximate surface area is 93.9 Å². The van der Waals surface area contributed by atoms with Crippen LogP contribution >= 0.6 is 11.3 Å². The molecule has 1 heterocycles. The summed E-state index contributed by atoms with van der Waals surface area (Å²) >= 11 is 1.41. The van der Waals surface area contributed by atoms with Crippen LogP contribution in [0.4, 0.5) is 0 Å². The van der Waals surface area contributed by atoms with Gasteiger partial charge in [-0.25, -0.2) is 4.98 Å². The number of hydrogen-bond donors (Lipinski definition) is 2. The predicted octanol–water partition coefficient (Wildman–Crippen LogP) is 1.23. The van der Waals surface area contributed by atoms with Crippen LogP contribution in [0.15, 0.2) is 0 Å². The van der Waals surface area contributed by atoms with Crippen LogP contribution in [-0.2, 0) is 0 Å². The van der Waals surface area contributed by atoms with Crippen molar-refractivity contribution in [1.29, 1.82) is 0 Å². The molecule has 0 saturated carbocycles. The Bertz CT molecular complexity index is 371. The largest absolute Gasteiger partial charge is 0.345 e. The second kappa shape index (κ2) is 4.28. The van der Waals surface area contributed by atoms with Gasteiger partial charge in [0.05, 0.1) is 10.7 Å². The van der Waals surface area contributed by atoms with Crippen molar-refractivity contribution in [2.75, 3.05) is 6.54 Å². The van der Waals surface area contributed by atoms with E-state index in [4.69, 9.17) is 5.73 Å². The third-order valence-corrected chi connectivity index (χ3v) is 3.14. The Morgan fingerprint density at radius 1 is 1.53 bits per heavy atom. The van der Waals surface area contributed by atoms with E-state index in [1.165, 1.54) is 11.3 Å². The molecule has 0 aliphatic rings. The minimum atomic E-state index is -0.374. The van der Waals surface area contributed by atoms with Crippen LogP contribution in [0.2, 0.25) is 0 Å². The highest BCUT2D eigenvalue weighted by atomic mass is 32.1. The first-order valence-electron chi connectivity index (χ1n) is 4.82. The van der Waals surface area contributed by atoms with Crippen molar-refractivity contribution in [2.45, 2.75) is 33.2 Å². The highest BCUT2D eigenvalue weighted by molar-refractivity contribution is 7.13. The van der Waals surface area contributed by atoms with E-state index in [1.54, 1.807) is 0 Å². The average molecular weight is 227 g/mol. The zero-order valence-electron chi connectivity index (χ0n) is 9.55. The van der Waals surface area contributed by atoms with Gasteiger partial charge in [-0.05, 0) is 27.7 Å². The lowest BCUT2D eigenvalue weighted by atomic mass is 10.1. The summed E-state index contributed by atoms with van der Waals surface area (Å²) in [5.41, 5.74) is 5.96.